The van der Waals surface area contributed by atoms with E-state index in [1.807, 2.05) is 43.3 Å². The number of carbonyl (C=O) groups excluding carboxylic acids is 1. The molecule has 8 heteroatoms. The first-order chi connectivity index (χ1) is 21.4. The molecule has 0 radical (unpaired) electrons. The van der Waals surface area contributed by atoms with Crippen molar-refractivity contribution in [3.05, 3.63) is 118 Å². The van der Waals surface area contributed by atoms with Gasteiger partial charge in [0, 0.05) is 41.7 Å². The highest BCUT2D eigenvalue weighted by Gasteiger charge is 2.20. The van der Waals surface area contributed by atoms with Crippen molar-refractivity contribution in [3.63, 3.8) is 0 Å². The van der Waals surface area contributed by atoms with E-state index >= 15 is 0 Å². The number of hydrogen-bond acceptors (Lipinski definition) is 6. The Kier molecular flexibility index (Phi) is 10.3. The lowest BCUT2D eigenvalue weighted by Gasteiger charge is -2.13. The summed E-state index contributed by atoms with van der Waals surface area (Å²) in [7, 11) is 0. The van der Waals surface area contributed by atoms with Crippen LogP contribution in [0.5, 0.6) is 5.75 Å². The predicted molar refractivity (Wildman–Crippen MR) is 173 cm³/mol. The van der Waals surface area contributed by atoms with Crippen LogP contribution in [0.15, 0.2) is 90.6 Å². The zero-order chi connectivity index (χ0) is 30.9. The van der Waals surface area contributed by atoms with Gasteiger partial charge in [0.25, 0.3) is 5.91 Å². The van der Waals surface area contributed by atoms with Gasteiger partial charge in [-0.25, -0.2) is 0 Å². The summed E-state index contributed by atoms with van der Waals surface area (Å²) in [6.07, 6.45) is 5.05. The van der Waals surface area contributed by atoms with Gasteiger partial charge in [0.2, 0.25) is 5.69 Å². The van der Waals surface area contributed by atoms with Gasteiger partial charge < -0.3 is 30.4 Å². The maximum atomic E-state index is 13.3. The quantitative estimate of drug-likeness (QED) is 0.0996. The van der Waals surface area contributed by atoms with Crippen LogP contribution in [-0.2, 0) is 9.53 Å². The molecule has 1 unspecified atom stereocenters. The molecule has 1 aliphatic rings. The summed E-state index contributed by atoms with van der Waals surface area (Å²) in [5, 5.41) is 29.3. The van der Waals surface area contributed by atoms with Crippen molar-refractivity contribution >= 4 is 23.4 Å². The Morgan fingerprint density at radius 1 is 1.00 bits per heavy atom. The lowest BCUT2D eigenvalue weighted by molar-refractivity contribution is -0.618. The van der Waals surface area contributed by atoms with Crippen molar-refractivity contribution in [2.45, 2.75) is 39.2 Å². The van der Waals surface area contributed by atoms with E-state index in [1.54, 1.807) is 36.4 Å². The normalized spacial score (nSPS) is 13.2. The summed E-state index contributed by atoms with van der Waals surface area (Å²) in [6.45, 7) is 6.46. The highest BCUT2D eigenvalue weighted by atomic mass is 16.5. The van der Waals surface area contributed by atoms with E-state index in [9.17, 15) is 15.1 Å². The first-order valence-electron chi connectivity index (χ1n) is 15.1. The second-order valence-corrected chi connectivity index (χ2v) is 10.9. The van der Waals surface area contributed by atoms with Crippen LogP contribution >= 0.6 is 0 Å². The SMILES string of the molecule is CCCCOCCOc1ccc(-c2ccc3c(c2)C=C(C(=O)Nc2ccc(C(O)c4ccc(C)c[n+]4[O-])cc2)CCN3)cc1. The zero-order valence-corrected chi connectivity index (χ0v) is 25.2. The number of aliphatic hydroxyl groups is 1. The molecule has 0 aliphatic carbocycles. The van der Waals surface area contributed by atoms with Gasteiger partial charge in [0.15, 0.2) is 12.3 Å². The zero-order valence-electron chi connectivity index (χ0n) is 25.2. The molecule has 0 saturated heterocycles. The van der Waals surface area contributed by atoms with Crippen LogP contribution in [0.2, 0.25) is 0 Å². The largest absolute Gasteiger partial charge is 0.618 e. The van der Waals surface area contributed by atoms with E-state index in [2.05, 4.69) is 29.7 Å². The molecule has 2 heterocycles. The third kappa shape index (κ3) is 7.83. The smallest absolute Gasteiger partial charge is 0.251 e. The Morgan fingerprint density at radius 2 is 1.77 bits per heavy atom. The van der Waals surface area contributed by atoms with Gasteiger partial charge in [-0.2, -0.15) is 4.73 Å². The third-order valence-corrected chi connectivity index (χ3v) is 7.57. The summed E-state index contributed by atoms with van der Waals surface area (Å²) in [4.78, 5) is 13.3. The van der Waals surface area contributed by atoms with E-state index in [-0.39, 0.29) is 11.6 Å². The van der Waals surface area contributed by atoms with Crippen LogP contribution in [-0.4, -0.2) is 37.4 Å². The number of aromatic nitrogens is 1. The molecule has 1 amide bonds. The average Bonchev–Trinajstić information content (AvgIpc) is 3.25. The van der Waals surface area contributed by atoms with Crippen LogP contribution in [0.25, 0.3) is 17.2 Å². The Morgan fingerprint density at radius 3 is 2.52 bits per heavy atom. The van der Waals surface area contributed by atoms with Gasteiger partial charge in [0.05, 0.1) is 6.61 Å². The molecule has 0 saturated carbocycles. The summed E-state index contributed by atoms with van der Waals surface area (Å²) in [6, 6.07) is 24.5. The average molecular weight is 594 g/mol. The van der Waals surface area contributed by atoms with E-state index in [1.165, 1.54) is 6.20 Å². The standard InChI is InChI=1S/C36H39N3O5/c1-3-4-19-43-20-21-44-32-13-8-26(9-14-32)28-10-15-33-30(22-28)23-29(17-18-37-33)36(41)38-31-11-6-27(7-12-31)35(40)34-16-5-25(2)24-39(34)42/h5-16,22-24,35,37,40H,3-4,17-21H2,1-2H3,(H,38,41). The van der Waals surface area contributed by atoms with Gasteiger partial charge in [-0.05, 0) is 90.6 Å². The number of unbranched alkanes of at least 4 members (excludes halogenated alkanes) is 1. The Hall–Kier alpha value is -4.66. The van der Waals surface area contributed by atoms with Crippen molar-refractivity contribution < 1.29 is 24.1 Å². The van der Waals surface area contributed by atoms with Crippen molar-refractivity contribution in [2.24, 2.45) is 0 Å². The monoisotopic (exact) mass is 593 g/mol. The number of nitrogens with one attached hydrogen (secondary N) is 2. The van der Waals surface area contributed by atoms with Crippen molar-refractivity contribution in [2.75, 3.05) is 37.0 Å². The molecule has 0 bridgehead atoms. The number of rotatable bonds is 12. The summed E-state index contributed by atoms with van der Waals surface area (Å²) in [5.74, 6) is 0.615. The first kappa shape index (κ1) is 30.8. The number of ether oxygens (including phenoxy) is 2. The minimum absolute atomic E-state index is 0.186. The Balaban J connectivity index is 1.23. The molecule has 228 valence electrons. The van der Waals surface area contributed by atoms with Crippen LogP contribution in [0.4, 0.5) is 11.4 Å². The van der Waals surface area contributed by atoms with Gasteiger partial charge in [0.1, 0.15) is 12.4 Å². The number of anilines is 2. The molecule has 0 fully saturated rings. The number of fused-ring (bicyclic) bond motifs is 1. The summed E-state index contributed by atoms with van der Waals surface area (Å²) >= 11 is 0. The predicted octanol–water partition coefficient (Wildman–Crippen LogP) is 6.41. The molecule has 5 rings (SSSR count). The number of aryl methyl sites for hydroxylation is 1. The van der Waals surface area contributed by atoms with E-state index in [0.717, 1.165) is 53.1 Å². The summed E-state index contributed by atoms with van der Waals surface area (Å²) in [5.41, 5.74) is 6.90. The van der Waals surface area contributed by atoms with Crippen LogP contribution in [0.1, 0.15) is 54.7 Å². The number of amides is 1. The number of hydrogen-bond donors (Lipinski definition) is 3. The molecular weight excluding hydrogens is 554 g/mol. The van der Waals surface area contributed by atoms with Gasteiger partial charge in [-0.3, -0.25) is 4.79 Å². The van der Waals surface area contributed by atoms with Gasteiger partial charge in [-0.1, -0.05) is 43.7 Å². The molecule has 4 aromatic rings. The van der Waals surface area contributed by atoms with Gasteiger partial charge >= 0.3 is 0 Å². The minimum Gasteiger partial charge on any atom is -0.618 e. The van der Waals surface area contributed by atoms with Crippen LogP contribution < -0.4 is 20.1 Å². The number of pyridine rings is 1. The van der Waals surface area contributed by atoms with Crippen molar-refractivity contribution in [1.29, 1.82) is 0 Å². The van der Waals surface area contributed by atoms with E-state index in [4.69, 9.17) is 9.47 Å². The van der Waals surface area contributed by atoms with Crippen molar-refractivity contribution in [3.8, 4) is 16.9 Å². The minimum atomic E-state index is -1.07. The van der Waals surface area contributed by atoms with Crippen LogP contribution in [0, 0.1) is 12.1 Å². The maximum Gasteiger partial charge on any atom is 0.251 e. The fraction of sp³-hybridized carbons (Fsp3) is 0.278. The highest BCUT2D eigenvalue weighted by molar-refractivity contribution is 6.07. The lowest BCUT2D eigenvalue weighted by atomic mass is 10.0. The Labute approximate surface area is 258 Å². The van der Waals surface area contributed by atoms with E-state index in [0.29, 0.717) is 47.7 Å². The second kappa shape index (κ2) is 14.7. The van der Waals surface area contributed by atoms with Crippen molar-refractivity contribution in [1.82, 2.24) is 0 Å². The molecule has 8 nitrogen and oxygen atoms in total. The molecule has 1 aliphatic heterocycles. The van der Waals surface area contributed by atoms with Crippen LogP contribution in [0.3, 0.4) is 0 Å². The second-order valence-electron chi connectivity index (χ2n) is 10.9. The fourth-order valence-electron chi connectivity index (χ4n) is 5.04. The fourth-order valence-corrected chi connectivity index (χ4v) is 5.04. The number of carbonyl (C=O) groups is 1. The first-order valence-corrected chi connectivity index (χ1v) is 15.1. The number of benzene rings is 3. The molecular formula is C36H39N3O5. The number of nitrogens with zero attached hydrogens (tertiary/aromatic N) is 1. The highest BCUT2D eigenvalue weighted by Crippen LogP contribution is 2.31. The molecule has 0 spiro atoms. The molecule has 44 heavy (non-hydrogen) atoms. The topological polar surface area (TPSA) is 107 Å². The molecule has 3 N–H and O–H groups in total. The maximum absolute atomic E-state index is 13.3. The molecule has 1 aromatic heterocycles. The number of aliphatic hydroxyl groups excluding tert-OH is 1. The van der Waals surface area contributed by atoms with E-state index < -0.39 is 6.10 Å². The Bertz CT molecular complexity index is 1600. The molecule has 1 atom stereocenters. The summed E-state index contributed by atoms with van der Waals surface area (Å²) < 4.78 is 12.0. The third-order valence-electron chi connectivity index (χ3n) is 7.57. The van der Waals surface area contributed by atoms with Gasteiger partial charge in [-0.15, -0.1) is 0 Å². The lowest BCUT2D eigenvalue weighted by Crippen LogP contribution is -2.33. The molecule has 3 aromatic carbocycles.